The van der Waals surface area contributed by atoms with Crippen LogP contribution in [0, 0.1) is 0 Å². The van der Waals surface area contributed by atoms with E-state index < -0.39 is 0 Å². The van der Waals surface area contributed by atoms with Gasteiger partial charge in [0.2, 0.25) is 11.8 Å². The van der Waals surface area contributed by atoms with Crippen LogP contribution in [0.25, 0.3) is 11.1 Å². The Hall–Kier alpha value is -3.84. The molecule has 4 rings (SSSR count). The minimum atomic E-state index is -0.199. The highest BCUT2D eigenvalue weighted by atomic mass is 16.5. The normalized spacial score (nSPS) is 17.2. The van der Waals surface area contributed by atoms with Crippen molar-refractivity contribution < 1.29 is 19.1 Å². The molecule has 0 aliphatic carbocycles. The van der Waals surface area contributed by atoms with Gasteiger partial charge in [0.25, 0.3) is 0 Å². The maximum atomic E-state index is 12.7. The third-order valence-electron chi connectivity index (χ3n) is 6.94. The van der Waals surface area contributed by atoms with Crippen molar-refractivity contribution in [1.82, 2.24) is 15.5 Å². The number of nitrogens with zero attached hydrogens (tertiary/aromatic N) is 1. The van der Waals surface area contributed by atoms with Gasteiger partial charge in [-0.3, -0.25) is 9.59 Å². The first-order chi connectivity index (χ1) is 18.0. The summed E-state index contributed by atoms with van der Waals surface area (Å²) >= 11 is 0. The lowest BCUT2D eigenvalue weighted by atomic mass is 9.85. The van der Waals surface area contributed by atoms with E-state index in [1.807, 2.05) is 41.3 Å². The fourth-order valence-corrected chi connectivity index (χ4v) is 4.89. The molecule has 1 fully saturated rings. The smallest absolute Gasteiger partial charge is 0.241 e. The van der Waals surface area contributed by atoms with Crippen LogP contribution < -0.4 is 20.1 Å². The summed E-state index contributed by atoms with van der Waals surface area (Å²) in [6.07, 6.45) is 0.811. The van der Waals surface area contributed by atoms with Crippen LogP contribution in [0.1, 0.15) is 30.4 Å². The van der Waals surface area contributed by atoms with Crippen molar-refractivity contribution in [2.75, 3.05) is 33.9 Å². The molecule has 2 N–H and O–H groups in total. The first-order valence-corrected chi connectivity index (χ1v) is 12.6. The summed E-state index contributed by atoms with van der Waals surface area (Å²) < 4.78 is 11.0. The van der Waals surface area contributed by atoms with Crippen LogP contribution in [-0.2, 0) is 16.1 Å². The predicted octanol–water partition coefficient (Wildman–Crippen LogP) is 3.98. The van der Waals surface area contributed by atoms with E-state index in [-0.39, 0.29) is 30.3 Å². The van der Waals surface area contributed by atoms with Gasteiger partial charge < -0.3 is 25.0 Å². The molecule has 1 heterocycles. The van der Waals surface area contributed by atoms with Crippen LogP contribution in [-0.4, -0.2) is 56.6 Å². The molecule has 1 aliphatic rings. The summed E-state index contributed by atoms with van der Waals surface area (Å²) in [4.78, 5) is 25.9. The van der Waals surface area contributed by atoms with Gasteiger partial charge in [0.1, 0.15) is 11.5 Å². The second kappa shape index (κ2) is 12.4. The lowest BCUT2D eigenvalue weighted by Gasteiger charge is -2.39. The van der Waals surface area contributed by atoms with Crippen LogP contribution in [0.2, 0.25) is 0 Å². The molecule has 1 saturated heterocycles. The molecule has 2 atom stereocenters. The van der Waals surface area contributed by atoms with Crippen LogP contribution >= 0.6 is 0 Å². The van der Waals surface area contributed by atoms with Crippen LogP contribution in [0.3, 0.4) is 0 Å². The Morgan fingerprint density at radius 3 is 2.35 bits per heavy atom. The van der Waals surface area contributed by atoms with Gasteiger partial charge in [0.05, 0.1) is 20.8 Å². The van der Waals surface area contributed by atoms with Gasteiger partial charge in [0, 0.05) is 44.1 Å². The number of likely N-dealkylation sites (tertiary alicyclic amines) is 1. The van der Waals surface area contributed by atoms with E-state index in [2.05, 4.69) is 47.0 Å². The van der Waals surface area contributed by atoms with E-state index in [9.17, 15) is 9.59 Å². The van der Waals surface area contributed by atoms with E-state index in [1.54, 1.807) is 14.2 Å². The highest BCUT2D eigenvalue weighted by Gasteiger charge is 2.32. The SMILES string of the molecule is COc1ccc(-c2ccc(OC)c(CN[C@H]3CCN(C(=O)CNC(C)=O)C[C@H]3c3ccccc3)c2)cc1. The molecule has 0 aromatic heterocycles. The molecule has 37 heavy (non-hydrogen) atoms. The minimum Gasteiger partial charge on any atom is -0.497 e. The molecule has 3 aromatic carbocycles. The molecule has 0 radical (unpaired) electrons. The van der Waals surface area contributed by atoms with Crippen molar-refractivity contribution in [2.45, 2.75) is 31.8 Å². The zero-order valence-corrected chi connectivity index (χ0v) is 21.7. The number of nitrogens with one attached hydrogen (secondary N) is 2. The molecular formula is C30H35N3O4. The largest absolute Gasteiger partial charge is 0.497 e. The Labute approximate surface area is 218 Å². The van der Waals surface area contributed by atoms with E-state index in [4.69, 9.17) is 9.47 Å². The van der Waals surface area contributed by atoms with Gasteiger partial charge >= 0.3 is 0 Å². The third-order valence-corrected chi connectivity index (χ3v) is 6.94. The molecule has 0 spiro atoms. The van der Waals surface area contributed by atoms with Crippen LogP contribution in [0.15, 0.2) is 72.8 Å². The van der Waals surface area contributed by atoms with E-state index >= 15 is 0 Å². The van der Waals surface area contributed by atoms with Crippen molar-refractivity contribution in [3.05, 3.63) is 83.9 Å². The third kappa shape index (κ3) is 6.68. The van der Waals surface area contributed by atoms with Crippen molar-refractivity contribution in [3.8, 4) is 22.6 Å². The number of carbonyl (C=O) groups excluding carboxylic acids is 2. The summed E-state index contributed by atoms with van der Waals surface area (Å²) in [5.41, 5.74) is 4.49. The highest BCUT2D eigenvalue weighted by Crippen LogP contribution is 2.31. The molecule has 7 heteroatoms. The number of hydrogen-bond acceptors (Lipinski definition) is 5. The number of ether oxygens (including phenoxy) is 2. The van der Waals surface area contributed by atoms with Crippen LogP contribution in [0.5, 0.6) is 11.5 Å². The summed E-state index contributed by atoms with van der Waals surface area (Å²) in [5.74, 6) is 1.54. The summed E-state index contributed by atoms with van der Waals surface area (Å²) in [6, 6.07) is 24.8. The number of carbonyl (C=O) groups is 2. The molecule has 2 amide bonds. The van der Waals surface area contributed by atoms with Gasteiger partial charge in [-0.05, 0) is 47.4 Å². The first-order valence-electron chi connectivity index (χ1n) is 12.6. The second-order valence-corrected chi connectivity index (χ2v) is 9.30. The Morgan fingerprint density at radius 2 is 1.68 bits per heavy atom. The standard InChI is InChI=1S/C30H35N3O4/c1-21(34)31-19-30(35)33-16-15-28(27(20-33)23-7-5-4-6-8-23)32-18-25-17-24(11-14-29(25)37-3)22-9-12-26(36-2)13-10-22/h4-14,17,27-28,32H,15-16,18-20H2,1-3H3,(H,31,34)/t27-,28-/m0/s1. The minimum absolute atomic E-state index is 0.0320. The van der Waals surface area contributed by atoms with Crippen molar-refractivity contribution in [3.63, 3.8) is 0 Å². The first kappa shape index (κ1) is 26.2. The van der Waals surface area contributed by atoms with Crippen molar-refractivity contribution in [2.24, 2.45) is 0 Å². The quantitative estimate of drug-likeness (QED) is 0.464. The average Bonchev–Trinajstić information content (AvgIpc) is 2.95. The van der Waals surface area contributed by atoms with Gasteiger partial charge in [-0.25, -0.2) is 0 Å². The number of benzene rings is 3. The van der Waals surface area contributed by atoms with E-state index in [0.29, 0.717) is 19.6 Å². The van der Waals surface area contributed by atoms with E-state index in [1.165, 1.54) is 12.5 Å². The Morgan fingerprint density at radius 1 is 0.946 bits per heavy atom. The van der Waals surface area contributed by atoms with E-state index in [0.717, 1.165) is 34.6 Å². The van der Waals surface area contributed by atoms with Gasteiger partial charge in [0.15, 0.2) is 0 Å². The van der Waals surface area contributed by atoms with Crippen LogP contribution in [0.4, 0.5) is 0 Å². The molecule has 7 nitrogen and oxygen atoms in total. The van der Waals surface area contributed by atoms with Gasteiger partial charge in [-0.2, -0.15) is 0 Å². The second-order valence-electron chi connectivity index (χ2n) is 9.30. The highest BCUT2D eigenvalue weighted by molar-refractivity contribution is 5.83. The number of rotatable bonds is 9. The molecule has 0 saturated carbocycles. The number of amides is 2. The number of piperidine rings is 1. The fraction of sp³-hybridized carbons (Fsp3) is 0.333. The summed E-state index contributed by atoms with van der Waals surface area (Å²) in [6.45, 7) is 3.34. The molecule has 3 aromatic rings. The Kier molecular flexibility index (Phi) is 8.80. The maximum Gasteiger partial charge on any atom is 0.241 e. The Balaban J connectivity index is 1.51. The average molecular weight is 502 g/mol. The summed E-state index contributed by atoms with van der Waals surface area (Å²) in [5, 5.41) is 6.39. The number of hydrogen-bond donors (Lipinski definition) is 2. The molecule has 0 unspecified atom stereocenters. The molecular weight excluding hydrogens is 466 g/mol. The monoisotopic (exact) mass is 501 g/mol. The summed E-state index contributed by atoms with van der Waals surface area (Å²) in [7, 11) is 3.36. The molecule has 0 bridgehead atoms. The predicted molar refractivity (Wildman–Crippen MR) is 145 cm³/mol. The fourth-order valence-electron chi connectivity index (χ4n) is 4.89. The lowest BCUT2D eigenvalue weighted by molar-refractivity contribution is -0.133. The Bertz CT molecular complexity index is 1200. The topological polar surface area (TPSA) is 79.9 Å². The molecule has 194 valence electrons. The van der Waals surface area contributed by atoms with Crippen molar-refractivity contribution >= 4 is 11.8 Å². The number of methoxy groups -OCH3 is 2. The van der Waals surface area contributed by atoms with Crippen molar-refractivity contribution in [1.29, 1.82) is 0 Å². The molecule has 1 aliphatic heterocycles. The van der Waals surface area contributed by atoms with Gasteiger partial charge in [-0.1, -0.05) is 48.5 Å². The van der Waals surface area contributed by atoms with Gasteiger partial charge in [-0.15, -0.1) is 0 Å². The lowest BCUT2D eigenvalue weighted by Crippen LogP contribution is -2.51. The zero-order valence-electron chi connectivity index (χ0n) is 21.7. The zero-order chi connectivity index (χ0) is 26.2. The maximum absolute atomic E-state index is 12.7.